The van der Waals surface area contributed by atoms with Crippen LogP contribution in [0.2, 0.25) is 0 Å². The second kappa shape index (κ2) is 5.35. The molecule has 0 saturated heterocycles. The molecule has 2 heteroatoms. The van der Waals surface area contributed by atoms with Crippen molar-refractivity contribution in [1.29, 1.82) is 0 Å². The van der Waals surface area contributed by atoms with Crippen molar-refractivity contribution in [2.75, 3.05) is 7.11 Å². The summed E-state index contributed by atoms with van der Waals surface area (Å²) < 4.78 is 4.68. The maximum atomic E-state index is 11.4. The minimum atomic E-state index is -0.328. The van der Waals surface area contributed by atoms with Crippen LogP contribution in [0, 0.1) is 0 Å². The van der Waals surface area contributed by atoms with E-state index in [1.807, 2.05) is 37.3 Å². The fourth-order valence-electron chi connectivity index (χ4n) is 1.64. The van der Waals surface area contributed by atoms with Crippen LogP contribution in [0.25, 0.3) is 0 Å². The molecule has 15 heavy (non-hydrogen) atoms. The number of carbonyl (C=O) groups is 1. The van der Waals surface area contributed by atoms with Gasteiger partial charge < -0.3 is 4.74 Å². The Bertz CT molecular complexity index is 341. The third kappa shape index (κ3) is 2.69. The average molecular weight is 204 g/mol. The molecule has 0 radical (unpaired) electrons. The quantitative estimate of drug-likeness (QED) is 0.557. The van der Waals surface area contributed by atoms with Crippen LogP contribution in [0.3, 0.4) is 0 Å². The van der Waals surface area contributed by atoms with Crippen LogP contribution in [0.4, 0.5) is 0 Å². The van der Waals surface area contributed by atoms with Gasteiger partial charge in [-0.25, -0.2) is 4.79 Å². The molecule has 1 rings (SSSR count). The van der Waals surface area contributed by atoms with Crippen LogP contribution >= 0.6 is 0 Å². The smallest absolute Gasteiger partial charge is 0.333 e. The Morgan fingerprint density at radius 3 is 2.47 bits per heavy atom. The first kappa shape index (κ1) is 11.5. The maximum absolute atomic E-state index is 11.4. The summed E-state index contributed by atoms with van der Waals surface area (Å²) in [6.45, 7) is 5.83. The Kier molecular flexibility index (Phi) is 4.10. The lowest BCUT2D eigenvalue weighted by atomic mass is 9.90. The molecule has 80 valence electrons. The summed E-state index contributed by atoms with van der Waals surface area (Å²) in [6, 6.07) is 9.88. The highest BCUT2D eigenvalue weighted by Crippen LogP contribution is 2.26. The molecular formula is C13H16O2. The lowest BCUT2D eigenvalue weighted by molar-refractivity contribution is -0.136. The summed E-state index contributed by atoms with van der Waals surface area (Å²) in [5, 5.41) is 0. The normalized spacial score (nSPS) is 11.9. The first-order valence-corrected chi connectivity index (χ1v) is 5.02. The molecule has 0 N–H and O–H groups in total. The molecule has 0 heterocycles. The van der Waals surface area contributed by atoms with E-state index in [-0.39, 0.29) is 11.9 Å². The van der Waals surface area contributed by atoms with Gasteiger partial charge >= 0.3 is 5.97 Å². The summed E-state index contributed by atoms with van der Waals surface area (Å²) >= 11 is 0. The molecule has 0 spiro atoms. The van der Waals surface area contributed by atoms with Gasteiger partial charge in [-0.2, -0.15) is 0 Å². The fourth-order valence-corrected chi connectivity index (χ4v) is 1.64. The van der Waals surface area contributed by atoms with Crippen molar-refractivity contribution >= 4 is 5.97 Å². The molecule has 0 bridgehead atoms. The zero-order valence-electron chi connectivity index (χ0n) is 9.19. The van der Waals surface area contributed by atoms with Gasteiger partial charge in [0, 0.05) is 11.5 Å². The molecule has 1 aromatic carbocycles. The Labute approximate surface area is 90.6 Å². The Morgan fingerprint density at radius 2 is 2.00 bits per heavy atom. The van der Waals surface area contributed by atoms with Gasteiger partial charge in [-0.3, -0.25) is 0 Å². The molecule has 0 aliphatic carbocycles. The third-order valence-corrected chi connectivity index (χ3v) is 2.48. The molecule has 0 amide bonds. The van der Waals surface area contributed by atoms with Crippen molar-refractivity contribution < 1.29 is 9.53 Å². The molecule has 1 aromatic rings. The maximum Gasteiger partial charge on any atom is 0.333 e. The predicted molar refractivity (Wildman–Crippen MR) is 60.6 cm³/mol. The monoisotopic (exact) mass is 204 g/mol. The lowest BCUT2D eigenvalue weighted by Gasteiger charge is -2.16. The van der Waals surface area contributed by atoms with Crippen LogP contribution in [-0.2, 0) is 9.53 Å². The minimum absolute atomic E-state index is 0.0543. The predicted octanol–water partition coefficient (Wildman–Crippen LogP) is 2.91. The Morgan fingerprint density at radius 1 is 1.40 bits per heavy atom. The van der Waals surface area contributed by atoms with Crippen LogP contribution in [0.1, 0.15) is 24.8 Å². The first-order valence-electron chi connectivity index (χ1n) is 5.02. The fraction of sp³-hybridized carbons (Fsp3) is 0.308. The van der Waals surface area contributed by atoms with E-state index in [1.54, 1.807) is 0 Å². The second-order valence-corrected chi connectivity index (χ2v) is 3.39. The molecule has 0 aromatic heterocycles. The largest absolute Gasteiger partial charge is 0.466 e. The van der Waals surface area contributed by atoms with Gasteiger partial charge in [0.05, 0.1) is 7.11 Å². The number of hydrogen-bond acceptors (Lipinski definition) is 2. The topological polar surface area (TPSA) is 26.3 Å². The zero-order valence-corrected chi connectivity index (χ0v) is 9.19. The molecule has 1 unspecified atom stereocenters. The third-order valence-electron chi connectivity index (χ3n) is 2.48. The van der Waals surface area contributed by atoms with Crippen LogP contribution in [0.15, 0.2) is 42.5 Å². The second-order valence-electron chi connectivity index (χ2n) is 3.39. The van der Waals surface area contributed by atoms with Crippen molar-refractivity contribution in [3.05, 3.63) is 48.0 Å². The highest BCUT2D eigenvalue weighted by Gasteiger charge is 2.19. The average Bonchev–Trinajstić information content (AvgIpc) is 2.30. The summed E-state index contributed by atoms with van der Waals surface area (Å²) in [5.41, 5.74) is 1.63. The molecule has 0 aliphatic rings. The number of methoxy groups -OCH3 is 1. The molecule has 1 atom stereocenters. The van der Waals surface area contributed by atoms with Crippen molar-refractivity contribution in [1.82, 2.24) is 0 Å². The number of benzene rings is 1. The van der Waals surface area contributed by atoms with Gasteiger partial charge in [-0.15, -0.1) is 0 Å². The van der Waals surface area contributed by atoms with E-state index < -0.39 is 0 Å². The van der Waals surface area contributed by atoms with E-state index in [2.05, 4.69) is 11.3 Å². The van der Waals surface area contributed by atoms with Crippen molar-refractivity contribution in [2.45, 2.75) is 19.3 Å². The first-order chi connectivity index (χ1) is 7.20. The van der Waals surface area contributed by atoms with Gasteiger partial charge in [0.25, 0.3) is 0 Å². The summed E-state index contributed by atoms with van der Waals surface area (Å²) in [7, 11) is 1.38. The number of hydrogen-bond donors (Lipinski definition) is 0. The van der Waals surface area contributed by atoms with Gasteiger partial charge in [-0.05, 0) is 12.0 Å². The lowest BCUT2D eigenvalue weighted by Crippen LogP contribution is -2.11. The molecule has 0 saturated carbocycles. The zero-order chi connectivity index (χ0) is 11.3. The van der Waals surface area contributed by atoms with E-state index in [0.29, 0.717) is 5.57 Å². The number of rotatable bonds is 4. The van der Waals surface area contributed by atoms with Crippen molar-refractivity contribution in [3.8, 4) is 0 Å². The van der Waals surface area contributed by atoms with Crippen molar-refractivity contribution in [3.63, 3.8) is 0 Å². The summed E-state index contributed by atoms with van der Waals surface area (Å²) in [4.78, 5) is 11.4. The highest BCUT2D eigenvalue weighted by atomic mass is 16.5. The van der Waals surface area contributed by atoms with Gasteiger partial charge in [-0.1, -0.05) is 43.8 Å². The molecule has 2 nitrogen and oxygen atoms in total. The van der Waals surface area contributed by atoms with Crippen molar-refractivity contribution in [2.24, 2.45) is 0 Å². The number of ether oxygens (including phenoxy) is 1. The van der Waals surface area contributed by atoms with Crippen LogP contribution in [-0.4, -0.2) is 13.1 Å². The van der Waals surface area contributed by atoms with Gasteiger partial charge in [0.15, 0.2) is 0 Å². The molecular weight excluding hydrogens is 188 g/mol. The van der Waals surface area contributed by atoms with E-state index in [4.69, 9.17) is 0 Å². The van der Waals surface area contributed by atoms with E-state index >= 15 is 0 Å². The van der Waals surface area contributed by atoms with Crippen LogP contribution < -0.4 is 0 Å². The Balaban J connectivity index is 2.90. The highest BCUT2D eigenvalue weighted by molar-refractivity contribution is 5.89. The minimum Gasteiger partial charge on any atom is -0.466 e. The standard InChI is InChI=1S/C13H16O2/c1-4-12(10(2)13(14)15-3)11-8-6-5-7-9-11/h5-9,12H,2,4H2,1,3H3. The summed E-state index contributed by atoms with van der Waals surface area (Å²) in [6.07, 6.45) is 0.845. The SMILES string of the molecule is C=C(C(=O)OC)C(CC)c1ccccc1. The molecule has 0 fully saturated rings. The van der Waals surface area contributed by atoms with E-state index in [1.165, 1.54) is 7.11 Å². The van der Waals surface area contributed by atoms with Crippen LogP contribution in [0.5, 0.6) is 0 Å². The van der Waals surface area contributed by atoms with E-state index in [0.717, 1.165) is 12.0 Å². The van der Waals surface area contributed by atoms with Gasteiger partial charge in [0.1, 0.15) is 0 Å². The van der Waals surface area contributed by atoms with E-state index in [9.17, 15) is 4.79 Å². The number of esters is 1. The molecule has 0 aliphatic heterocycles. The van der Waals surface area contributed by atoms with Gasteiger partial charge in [0.2, 0.25) is 0 Å². The number of carbonyl (C=O) groups excluding carboxylic acids is 1. The summed E-state index contributed by atoms with van der Waals surface area (Å²) in [5.74, 6) is -0.274. The Hall–Kier alpha value is -1.57.